The lowest BCUT2D eigenvalue weighted by Crippen LogP contribution is -2.18. The summed E-state index contributed by atoms with van der Waals surface area (Å²) in [7, 11) is 0. The molecule has 2 heteroatoms. The van der Waals surface area contributed by atoms with Gasteiger partial charge in [-0.3, -0.25) is 4.40 Å². The molecule has 2 aliphatic rings. The Kier molecular flexibility index (Phi) is 3.56. The molecule has 0 spiro atoms. The van der Waals surface area contributed by atoms with Crippen LogP contribution in [0.2, 0.25) is 0 Å². The van der Waals surface area contributed by atoms with E-state index in [9.17, 15) is 0 Å². The number of allylic oxidation sites excluding steroid dienone is 3. The third kappa shape index (κ3) is 2.26. The number of nitrogens with zero attached hydrogens (tertiary/aromatic N) is 2. The fourth-order valence-electron chi connectivity index (χ4n) is 5.71. The van der Waals surface area contributed by atoms with Gasteiger partial charge in [0.05, 0.1) is 16.6 Å². The van der Waals surface area contributed by atoms with Crippen molar-refractivity contribution in [2.75, 3.05) is 0 Å². The molecule has 2 heterocycles. The normalized spacial score (nSPS) is 26.0. The van der Waals surface area contributed by atoms with Crippen molar-refractivity contribution in [1.29, 1.82) is 0 Å². The molecule has 0 aliphatic heterocycles. The van der Waals surface area contributed by atoms with Crippen molar-refractivity contribution >= 4 is 33.7 Å². The van der Waals surface area contributed by atoms with Crippen molar-refractivity contribution in [2.24, 2.45) is 11.3 Å². The van der Waals surface area contributed by atoms with Gasteiger partial charge in [0.1, 0.15) is 5.65 Å². The number of rotatable bonds is 3. The van der Waals surface area contributed by atoms with E-state index in [0.717, 1.165) is 29.9 Å². The Hall–Kier alpha value is -2.87. The van der Waals surface area contributed by atoms with Crippen LogP contribution in [0.5, 0.6) is 0 Å². The monoisotopic (exact) mass is 378 g/mol. The molecule has 0 saturated heterocycles. The van der Waals surface area contributed by atoms with Crippen molar-refractivity contribution in [3.63, 3.8) is 0 Å². The Morgan fingerprint density at radius 2 is 1.86 bits per heavy atom. The molecular weight excluding hydrogens is 352 g/mol. The highest BCUT2D eigenvalue weighted by Gasteiger charge is 2.55. The second-order valence-electron chi connectivity index (χ2n) is 8.82. The predicted molar refractivity (Wildman–Crippen MR) is 122 cm³/mol. The third-order valence-corrected chi connectivity index (χ3v) is 7.26. The van der Waals surface area contributed by atoms with Gasteiger partial charge in [-0.1, -0.05) is 68.5 Å². The van der Waals surface area contributed by atoms with E-state index < -0.39 is 0 Å². The number of benzene rings is 2. The fraction of sp³-hybridized carbons (Fsp3) is 0.296. The summed E-state index contributed by atoms with van der Waals surface area (Å²) in [5.41, 5.74) is 7.80. The van der Waals surface area contributed by atoms with Crippen LogP contribution in [-0.4, -0.2) is 9.38 Å². The van der Waals surface area contributed by atoms with Crippen LogP contribution in [-0.2, 0) is 0 Å². The van der Waals surface area contributed by atoms with Gasteiger partial charge in [0.15, 0.2) is 0 Å². The number of imidazole rings is 1. The van der Waals surface area contributed by atoms with Crippen LogP contribution in [0.1, 0.15) is 50.2 Å². The van der Waals surface area contributed by atoms with E-state index in [0.29, 0.717) is 5.92 Å². The highest BCUT2D eigenvalue weighted by Crippen LogP contribution is 2.65. The molecule has 2 nitrogen and oxygen atoms in total. The number of fused-ring (bicyclic) bond motifs is 8. The first-order valence-electron chi connectivity index (χ1n) is 10.9. The number of aromatic nitrogens is 2. The number of para-hydroxylation sites is 3. The van der Waals surface area contributed by atoms with Gasteiger partial charge in [-0.2, -0.15) is 0 Å². The lowest BCUT2D eigenvalue weighted by atomic mass is 9.74. The molecule has 4 aromatic rings. The zero-order valence-corrected chi connectivity index (χ0v) is 17.1. The maximum absolute atomic E-state index is 5.18. The van der Waals surface area contributed by atoms with Gasteiger partial charge in [0.25, 0.3) is 0 Å². The third-order valence-electron chi connectivity index (χ3n) is 7.26. The van der Waals surface area contributed by atoms with Crippen LogP contribution < -0.4 is 0 Å². The molecular formula is C27H26N2. The quantitative estimate of drug-likeness (QED) is 0.346. The van der Waals surface area contributed by atoms with Crippen LogP contribution in [0.4, 0.5) is 0 Å². The first-order chi connectivity index (χ1) is 14.2. The second-order valence-corrected chi connectivity index (χ2v) is 8.82. The van der Waals surface area contributed by atoms with E-state index in [1.54, 1.807) is 0 Å². The van der Waals surface area contributed by atoms with Crippen LogP contribution in [0.15, 0.2) is 66.8 Å². The van der Waals surface area contributed by atoms with Crippen LogP contribution in [0, 0.1) is 11.3 Å². The van der Waals surface area contributed by atoms with Gasteiger partial charge >= 0.3 is 0 Å². The summed E-state index contributed by atoms with van der Waals surface area (Å²) in [5.74, 6) is 1.22. The van der Waals surface area contributed by atoms with Gasteiger partial charge in [0, 0.05) is 16.9 Å². The molecule has 3 atom stereocenters. The molecule has 144 valence electrons. The van der Waals surface area contributed by atoms with Crippen molar-refractivity contribution in [3.8, 4) is 0 Å². The molecule has 0 amide bonds. The minimum atomic E-state index is 0.274. The summed E-state index contributed by atoms with van der Waals surface area (Å²) in [6.45, 7) is 4.65. The molecule has 0 bridgehead atoms. The molecule has 0 N–H and O–H groups in total. The lowest BCUT2D eigenvalue weighted by molar-refractivity contribution is 0.457. The molecule has 2 aliphatic carbocycles. The van der Waals surface area contributed by atoms with Gasteiger partial charge in [0.2, 0.25) is 0 Å². The topological polar surface area (TPSA) is 17.3 Å². The van der Waals surface area contributed by atoms with Crippen molar-refractivity contribution in [2.45, 2.75) is 39.0 Å². The van der Waals surface area contributed by atoms with E-state index >= 15 is 0 Å². The Balaban J connectivity index is 1.75. The maximum atomic E-state index is 5.18. The van der Waals surface area contributed by atoms with E-state index in [2.05, 4.69) is 91.1 Å². The van der Waals surface area contributed by atoms with Crippen molar-refractivity contribution < 1.29 is 0 Å². The lowest BCUT2D eigenvalue weighted by Gasteiger charge is -2.30. The van der Waals surface area contributed by atoms with E-state index in [-0.39, 0.29) is 5.41 Å². The Morgan fingerprint density at radius 1 is 1.10 bits per heavy atom. The highest BCUT2D eigenvalue weighted by atomic mass is 15.0. The molecule has 0 radical (unpaired) electrons. The first-order valence-corrected chi connectivity index (χ1v) is 10.9. The number of pyridine rings is 1. The summed E-state index contributed by atoms with van der Waals surface area (Å²) in [5, 5.41) is 1.34. The fourth-order valence-corrected chi connectivity index (χ4v) is 5.71. The highest BCUT2D eigenvalue weighted by molar-refractivity contribution is 5.98. The van der Waals surface area contributed by atoms with Crippen LogP contribution in [0.3, 0.4) is 0 Å². The number of hydrogen-bond acceptors (Lipinski definition) is 1. The van der Waals surface area contributed by atoms with Gasteiger partial charge in [-0.25, -0.2) is 4.98 Å². The second kappa shape index (κ2) is 6.06. The summed E-state index contributed by atoms with van der Waals surface area (Å²) in [6.07, 6.45) is 13.1. The van der Waals surface area contributed by atoms with Crippen molar-refractivity contribution in [3.05, 3.63) is 77.9 Å². The average Bonchev–Trinajstić information content (AvgIpc) is 3.26. The average molecular weight is 379 g/mol. The molecule has 29 heavy (non-hydrogen) atoms. The van der Waals surface area contributed by atoms with E-state index in [4.69, 9.17) is 4.98 Å². The standard InChI is InChI=1S/C27H26N2/c1-3-4-16-27(17-18(27)2)21-12-9-11-20-19-10-5-7-14-23(19)29-24-15-8-6-13-22(24)28-26(29)25(20)21/h4-11,13-16,18,21H,3,12,17H2,1-2H3. The summed E-state index contributed by atoms with van der Waals surface area (Å²) < 4.78 is 2.40. The Morgan fingerprint density at radius 3 is 2.66 bits per heavy atom. The molecule has 3 unspecified atom stereocenters. The largest absolute Gasteiger partial charge is 0.292 e. The Bertz CT molecular complexity index is 1320. The molecule has 1 saturated carbocycles. The van der Waals surface area contributed by atoms with E-state index in [1.807, 2.05) is 0 Å². The zero-order chi connectivity index (χ0) is 19.6. The minimum absolute atomic E-state index is 0.274. The predicted octanol–water partition coefficient (Wildman–Crippen LogP) is 7.13. The smallest absolute Gasteiger partial charge is 0.142 e. The van der Waals surface area contributed by atoms with Crippen molar-refractivity contribution in [1.82, 2.24) is 9.38 Å². The summed E-state index contributed by atoms with van der Waals surface area (Å²) >= 11 is 0. The summed E-state index contributed by atoms with van der Waals surface area (Å²) in [6, 6.07) is 17.4. The molecule has 2 aromatic heterocycles. The minimum Gasteiger partial charge on any atom is -0.292 e. The summed E-state index contributed by atoms with van der Waals surface area (Å²) in [4.78, 5) is 5.18. The zero-order valence-electron chi connectivity index (χ0n) is 17.1. The first kappa shape index (κ1) is 17.0. The molecule has 2 aromatic carbocycles. The number of hydrogen-bond donors (Lipinski definition) is 0. The van der Waals surface area contributed by atoms with E-state index in [1.165, 1.54) is 34.0 Å². The van der Waals surface area contributed by atoms with Crippen LogP contribution in [0.25, 0.3) is 33.7 Å². The van der Waals surface area contributed by atoms with Gasteiger partial charge in [-0.15, -0.1) is 0 Å². The van der Waals surface area contributed by atoms with Gasteiger partial charge < -0.3 is 0 Å². The van der Waals surface area contributed by atoms with Crippen LogP contribution >= 0.6 is 0 Å². The molecule has 6 rings (SSSR count). The Labute approximate surface area is 171 Å². The molecule has 1 fully saturated rings. The maximum Gasteiger partial charge on any atom is 0.142 e. The van der Waals surface area contributed by atoms with Gasteiger partial charge in [-0.05, 0) is 54.4 Å². The SMILES string of the molecule is CCC=CC1(C2CC=Cc3c2c2nc4ccccc4n2c2ccccc32)CC1C.